The fourth-order valence-electron chi connectivity index (χ4n) is 1.24. The van der Waals surface area contributed by atoms with E-state index in [0.717, 1.165) is 4.47 Å². The van der Waals surface area contributed by atoms with Gasteiger partial charge >= 0.3 is 0 Å². The largest absolute Gasteiger partial charge is 0.399 e. The summed E-state index contributed by atoms with van der Waals surface area (Å²) in [7, 11) is 1.49. The number of rotatable bonds is 2. The number of nitrogen functional groups attached to an aromatic ring is 1. The van der Waals surface area contributed by atoms with Crippen LogP contribution in [0.1, 0.15) is 10.6 Å². The number of amides is 1. The van der Waals surface area contributed by atoms with Crippen molar-refractivity contribution in [3.05, 3.63) is 28.5 Å². The summed E-state index contributed by atoms with van der Waals surface area (Å²) >= 11 is 3.35. The van der Waals surface area contributed by atoms with E-state index in [4.69, 9.17) is 10.3 Å². The lowest BCUT2D eigenvalue weighted by molar-refractivity contribution is 0.0950. The number of nitrogens with two attached hydrogens (primary N) is 1. The quantitative estimate of drug-likeness (QED) is 0.818. The average Bonchev–Trinajstić information content (AvgIpc) is 2.80. The predicted molar refractivity (Wildman–Crippen MR) is 65.2 cm³/mol. The number of halogens is 1. The normalized spacial score (nSPS) is 10.2. The molecule has 0 spiro atoms. The molecule has 17 heavy (non-hydrogen) atoms. The maximum atomic E-state index is 11.3. The van der Waals surface area contributed by atoms with Gasteiger partial charge in [-0.25, -0.2) is 0 Å². The van der Waals surface area contributed by atoms with E-state index in [1.807, 2.05) is 0 Å². The zero-order valence-electron chi connectivity index (χ0n) is 8.90. The molecule has 0 saturated carbocycles. The first kappa shape index (κ1) is 11.6. The van der Waals surface area contributed by atoms with Crippen molar-refractivity contribution >= 4 is 27.5 Å². The van der Waals surface area contributed by atoms with Crippen LogP contribution in [-0.4, -0.2) is 23.1 Å². The number of aromatic nitrogens is 2. The van der Waals surface area contributed by atoms with E-state index in [2.05, 4.69) is 31.4 Å². The molecule has 0 unspecified atom stereocenters. The number of benzene rings is 1. The monoisotopic (exact) mass is 296 g/mol. The zero-order chi connectivity index (χ0) is 12.4. The molecule has 1 aromatic heterocycles. The Hall–Kier alpha value is -1.89. The molecule has 0 fully saturated rings. The van der Waals surface area contributed by atoms with Crippen LogP contribution in [-0.2, 0) is 0 Å². The third-order valence-corrected chi connectivity index (χ3v) is 2.77. The highest BCUT2D eigenvalue weighted by atomic mass is 79.9. The van der Waals surface area contributed by atoms with Crippen LogP contribution in [0.5, 0.6) is 0 Å². The van der Waals surface area contributed by atoms with E-state index in [-0.39, 0.29) is 11.7 Å². The van der Waals surface area contributed by atoms with Crippen LogP contribution in [0.25, 0.3) is 11.5 Å². The molecule has 88 valence electrons. The van der Waals surface area contributed by atoms with Crippen LogP contribution in [0.4, 0.5) is 5.69 Å². The number of carbonyl (C=O) groups is 1. The molecule has 3 N–H and O–H groups in total. The second kappa shape index (κ2) is 4.54. The zero-order valence-corrected chi connectivity index (χ0v) is 10.5. The molecule has 1 aromatic carbocycles. The first-order chi connectivity index (χ1) is 8.11. The topological polar surface area (TPSA) is 94.0 Å². The van der Waals surface area contributed by atoms with Gasteiger partial charge in [0, 0.05) is 17.2 Å². The van der Waals surface area contributed by atoms with Gasteiger partial charge in [-0.3, -0.25) is 4.79 Å². The summed E-state index contributed by atoms with van der Waals surface area (Å²) in [6.07, 6.45) is 0. The van der Waals surface area contributed by atoms with Crippen LogP contribution in [0.15, 0.2) is 27.2 Å². The van der Waals surface area contributed by atoms with E-state index < -0.39 is 5.91 Å². The standard InChI is InChI=1S/C10H9BrN4O2/c1-13-9(16)8-14-10(17-15-8)6-4-5(12)2-3-7(6)11/h2-4H,12H2,1H3,(H,13,16). The molecule has 0 bridgehead atoms. The molecular formula is C10H9BrN4O2. The van der Waals surface area contributed by atoms with Gasteiger partial charge in [0.15, 0.2) is 0 Å². The molecule has 1 amide bonds. The van der Waals surface area contributed by atoms with Crippen molar-refractivity contribution in [1.29, 1.82) is 0 Å². The Morgan fingerprint density at radius 1 is 1.53 bits per heavy atom. The smallest absolute Gasteiger partial charge is 0.292 e. The Bertz CT molecular complexity index is 567. The fourth-order valence-corrected chi connectivity index (χ4v) is 1.66. The van der Waals surface area contributed by atoms with Crippen LogP contribution in [0.2, 0.25) is 0 Å². The maximum Gasteiger partial charge on any atom is 0.292 e. The van der Waals surface area contributed by atoms with Crippen LogP contribution < -0.4 is 11.1 Å². The maximum absolute atomic E-state index is 11.3. The fraction of sp³-hybridized carbons (Fsp3) is 0.100. The van der Waals surface area contributed by atoms with E-state index in [9.17, 15) is 4.79 Å². The number of anilines is 1. The number of carbonyl (C=O) groups excluding carboxylic acids is 1. The van der Waals surface area contributed by atoms with Gasteiger partial charge in [-0.05, 0) is 34.1 Å². The lowest BCUT2D eigenvalue weighted by atomic mass is 10.2. The molecule has 0 aliphatic carbocycles. The minimum Gasteiger partial charge on any atom is -0.399 e. The van der Waals surface area contributed by atoms with Crippen LogP contribution >= 0.6 is 15.9 Å². The molecule has 0 radical (unpaired) electrons. The summed E-state index contributed by atoms with van der Waals surface area (Å²) < 4.78 is 5.76. The Labute approximate surface area is 105 Å². The number of hydrogen-bond acceptors (Lipinski definition) is 5. The first-order valence-electron chi connectivity index (χ1n) is 4.73. The highest BCUT2D eigenvalue weighted by Crippen LogP contribution is 2.28. The molecule has 0 saturated heterocycles. The summed E-state index contributed by atoms with van der Waals surface area (Å²) in [5.74, 6) is -0.181. The summed E-state index contributed by atoms with van der Waals surface area (Å²) in [6, 6.07) is 5.20. The molecule has 7 heteroatoms. The molecule has 1 heterocycles. The van der Waals surface area contributed by atoms with Gasteiger partial charge in [-0.2, -0.15) is 4.98 Å². The average molecular weight is 297 g/mol. The second-order valence-corrected chi connectivity index (χ2v) is 4.10. The second-order valence-electron chi connectivity index (χ2n) is 3.24. The number of hydrogen-bond donors (Lipinski definition) is 2. The van der Waals surface area contributed by atoms with Crippen LogP contribution in [0.3, 0.4) is 0 Å². The SMILES string of the molecule is CNC(=O)c1noc(-c2cc(N)ccc2Br)n1. The highest BCUT2D eigenvalue weighted by molar-refractivity contribution is 9.10. The third kappa shape index (κ3) is 2.28. The molecule has 2 aromatic rings. The lowest BCUT2D eigenvalue weighted by Gasteiger charge is -1.99. The van der Waals surface area contributed by atoms with Crippen molar-refractivity contribution < 1.29 is 9.32 Å². The molecule has 0 atom stereocenters. The molecule has 2 rings (SSSR count). The number of nitrogens with one attached hydrogen (secondary N) is 1. The van der Waals surface area contributed by atoms with Crippen molar-refractivity contribution in [2.75, 3.05) is 12.8 Å². The van der Waals surface area contributed by atoms with E-state index in [1.165, 1.54) is 7.05 Å². The predicted octanol–water partition coefficient (Wildman–Crippen LogP) is 1.44. The van der Waals surface area contributed by atoms with Crippen molar-refractivity contribution in [2.24, 2.45) is 0 Å². The van der Waals surface area contributed by atoms with Gasteiger partial charge in [-0.1, -0.05) is 5.16 Å². The lowest BCUT2D eigenvalue weighted by Crippen LogP contribution is -2.19. The van der Waals surface area contributed by atoms with Crippen molar-refractivity contribution in [2.45, 2.75) is 0 Å². The summed E-state index contributed by atoms with van der Waals surface area (Å²) in [6.45, 7) is 0. The highest BCUT2D eigenvalue weighted by Gasteiger charge is 2.16. The van der Waals surface area contributed by atoms with Gasteiger partial charge in [0.2, 0.25) is 0 Å². The van der Waals surface area contributed by atoms with Gasteiger partial charge in [0.05, 0.1) is 5.56 Å². The van der Waals surface area contributed by atoms with Gasteiger partial charge in [0.25, 0.3) is 17.6 Å². The minimum absolute atomic E-state index is 0.0168. The van der Waals surface area contributed by atoms with Gasteiger partial charge < -0.3 is 15.6 Å². The molecule has 6 nitrogen and oxygen atoms in total. The van der Waals surface area contributed by atoms with Crippen molar-refractivity contribution in [3.63, 3.8) is 0 Å². The third-order valence-electron chi connectivity index (χ3n) is 2.08. The summed E-state index contributed by atoms with van der Waals surface area (Å²) in [4.78, 5) is 15.3. The Balaban J connectivity index is 2.43. The summed E-state index contributed by atoms with van der Waals surface area (Å²) in [5.41, 5.74) is 6.89. The van der Waals surface area contributed by atoms with Gasteiger partial charge in [-0.15, -0.1) is 0 Å². The number of nitrogens with zero attached hydrogens (tertiary/aromatic N) is 2. The molecule has 0 aliphatic heterocycles. The van der Waals surface area contributed by atoms with E-state index >= 15 is 0 Å². The Morgan fingerprint density at radius 2 is 2.29 bits per heavy atom. The van der Waals surface area contributed by atoms with Crippen molar-refractivity contribution in [1.82, 2.24) is 15.5 Å². The first-order valence-corrected chi connectivity index (χ1v) is 5.52. The van der Waals surface area contributed by atoms with E-state index in [1.54, 1.807) is 18.2 Å². The minimum atomic E-state index is -0.403. The Kier molecular flexibility index (Phi) is 3.10. The van der Waals surface area contributed by atoms with Crippen LogP contribution in [0, 0.1) is 0 Å². The van der Waals surface area contributed by atoms with Crippen molar-refractivity contribution in [3.8, 4) is 11.5 Å². The Morgan fingerprint density at radius 3 is 3.00 bits per heavy atom. The molecular weight excluding hydrogens is 288 g/mol. The van der Waals surface area contributed by atoms with E-state index in [0.29, 0.717) is 11.3 Å². The van der Waals surface area contributed by atoms with Gasteiger partial charge in [0.1, 0.15) is 0 Å². The molecule has 0 aliphatic rings. The summed E-state index contributed by atoms with van der Waals surface area (Å²) in [5, 5.41) is 5.99.